The lowest BCUT2D eigenvalue weighted by atomic mass is 9.91. The molecule has 0 unspecified atom stereocenters. The summed E-state index contributed by atoms with van der Waals surface area (Å²) in [5.41, 5.74) is 4.25. The number of carbonyl (C=O) groups excluding carboxylic acids is 1. The minimum atomic E-state index is -0.511. The molecule has 3 atom stereocenters. The van der Waals surface area contributed by atoms with Crippen LogP contribution < -0.4 is 5.32 Å². The largest absolute Gasteiger partial charge is 0.326 e. The Balaban J connectivity index is 1.85. The Hall–Kier alpha value is -2.28. The highest BCUT2D eigenvalue weighted by molar-refractivity contribution is 6.32. The molecule has 0 bridgehead atoms. The zero-order chi connectivity index (χ0) is 22.2. The third-order valence-corrected chi connectivity index (χ3v) is 6.53. The van der Waals surface area contributed by atoms with E-state index in [2.05, 4.69) is 45.2 Å². The highest BCUT2D eigenvalue weighted by Crippen LogP contribution is 2.59. The van der Waals surface area contributed by atoms with Gasteiger partial charge >= 0.3 is 0 Å². The maximum Gasteiger partial charge on any atom is 0.228 e. The quantitative estimate of drug-likeness (QED) is 0.502. The van der Waals surface area contributed by atoms with Crippen LogP contribution in [0.25, 0.3) is 0 Å². The van der Waals surface area contributed by atoms with Gasteiger partial charge in [-0.05, 0) is 67.0 Å². The molecule has 30 heavy (non-hydrogen) atoms. The van der Waals surface area contributed by atoms with E-state index in [1.165, 1.54) is 5.57 Å². The Bertz CT molecular complexity index is 1040. The summed E-state index contributed by atoms with van der Waals surface area (Å²) in [7, 11) is 0. The van der Waals surface area contributed by atoms with E-state index in [-0.39, 0.29) is 23.2 Å². The number of anilines is 1. The first-order chi connectivity index (χ1) is 14.1. The van der Waals surface area contributed by atoms with Crippen LogP contribution in [0.15, 0.2) is 48.0 Å². The molecule has 156 valence electrons. The smallest absolute Gasteiger partial charge is 0.228 e. The average Bonchev–Trinajstić information content (AvgIpc) is 3.20. The molecule has 1 amide bonds. The van der Waals surface area contributed by atoms with Gasteiger partial charge in [0, 0.05) is 15.7 Å². The molecular formula is C25H26Cl2N2O. The van der Waals surface area contributed by atoms with Crippen LogP contribution in [0.2, 0.25) is 10.0 Å². The first-order valence-corrected chi connectivity index (χ1v) is 10.7. The SMILES string of the molecule is CC(C)=C[C@@H]1[C@H](C(=O)Nc2cc(Cl)c([C@H](C#N)c3ccc(Cl)cc3)cc2C)C1(C)C. The number of allylic oxidation sites excluding steroid dienone is 2. The Morgan fingerprint density at radius 3 is 2.40 bits per heavy atom. The predicted molar refractivity (Wildman–Crippen MR) is 124 cm³/mol. The van der Waals surface area contributed by atoms with Gasteiger partial charge in [-0.1, -0.05) is 66.9 Å². The molecule has 3 rings (SSSR count). The number of rotatable bonds is 5. The molecule has 1 fully saturated rings. The zero-order valence-corrected chi connectivity index (χ0v) is 19.4. The van der Waals surface area contributed by atoms with Crippen molar-refractivity contribution in [2.45, 2.75) is 40.5 Å². The maximum absolute atomic E-state index is 12.9. The lowest BCUT2D eigenvalue weighted by Gasteiger charge is -2.16. The standard InChI is InChI=1S/C25H26Cl2N2O/c1-14(2)10-20-23(25(20,4)5)24(30)29-22-12-21(27)18(11-15(22)3)19(13-28)16-6-8-17(26)9-7-16/h6-12,19-20,23H,1-5H3,(H,29,30)/t19-,20-,23-/m1/s1. The van der Waals surface area contributed by atoms with Gasteiger partial charge < -0.3 is 5.32 Å². The van der Waals surface area contributed by atoms with Gasteiger partial charge in [0.25, 0.3) is 0 Å². The van der Waals surface area contributed by atoms with E-state index >= 15 is 0 Å². The van der Waals surface area contributed by atoms with Crippen LogP contribution in [0.5, 0.6) is 0 Å². The molecule has 0 aliphatic heterocycles. The number of aryl methyl sites for hydroxylation is 1. The molecule has 0 spiro atoms. The van der Waals surface area contributed by atoms with Crippen molar-refractivity contribution in [1.82, 2.24) is 0 Å². The molecular weight excluding hydrogens is 415 g/mol. The van der Waals surface area contributed by atoms with Crippen molar-refractivity contribution in [2.75, 3.05) is 5.32 Å². The van der Waals surface area contributed by atoms with Crippen LogP contribution in [0.1, 0.15) is 50.3 Å². The van der Waals surface area contributed by atoms with Gasteiger partial charge in [-0.3, -0.25) is 4.79 Å². The fourth-order valence-corrected chi connectivity index (χ4v) is 4.50. The molecule has 1 N–H and O–H groups in total. The number of nitrogens with zero attached hydrogens (tertiary/aromatic N) is 1. The van der Waals surface area contributed by atoms with Gasteiger partial charge in [0.1, 0.15) is 0 Å². The van der Waals surface area contributed by atoms with Crippen LogP contribution in [-0.2, 0) is 4.79 Å². The summed E-state index contributed by atoms with van der Waals surface area (Å²) in [4.78, 5) is 12.9. The Morgan fingerprint density at radius 1 is 1.20 bits per heavy atom. The Labute approximate surface area is 188 Å². The summed E-state index contributed by atoms with van der Waals surface area (Å²) >= 11 is 12.5. The van der Waals surface area contributed by atoms with E-state index < -0.39 is 5.92 Å². The lowest BCUT2D eigenvalue weighted by molar-refractivity contribution is -0.118. The van der Waals surface area contributed by atoms with Crippen molar-refractivity contribution >= 4 is 34.8 Å². The van der Waals surface area contributed by atoms with Gasteiger partial charge in [-0.25, -0.2) is 0 Å². The summed E-state index contributed by atoms with van der Waals surface area (Å²) in [6.07, 6.45) is 2.18. The van der Waals surface area contributed by atoms with E-state index in [0.29, 0.717) is 21.3 Å². The number of halogens is 2. The highest BCUT2D eigenvalue weighted by Gasteiger charge is 2.60. The molecule has 0 heterocycles. The third-order valence-electron chi connectivity index (χ3n) is 5.95. The number of benzene rings is 2. The number of hydrogen-bond donors (Lipinski definition) is 1. The van der Waals surface area contributed by atoms with E-state index in [9.17, 15) is 10.1 Å². The van der Waals surface area contributed by atoms with Crippen molar-refractivity contribution in [1.29, 1.82) is 5.26 Å². The van der Waals surface area contributed by atoms with Crippen LogP contribution in [0, 0.1) is 35.5 Å². The average molecular weight is 441 g/mol. The second kappa shape index (κ2) is 8.46. The minimum Gasteiger partial charge on any atom is -0.326 e. The summed E-state index contributed by atoms with van der Waals surface area (Å²) in [5.74, 6) is -0.330. The third kappa shape index (κ3) is 4.41. The number of amides is 1. The first-order valence-electron chi connectivity index (χ1n) is 9.97. The zero-order valence-electron chi connectivity index (χ0n) is 17.9. The van der Waals surface area contributed by atoms with Crippen molar-refractivity contribution in [3.63, 3.8) is 0 Å². The van der Waals surface area contributed by atoms with Gasteiger partial charge in [-0.15, -0.1) is 0 Å². The normalized spacial score (nSPS) is 20.1. The second-order valence-electron chi connectivity index (χ2n) is 8.86. The Morgan fingerprint density at radius 2 is 1.83 bits per heavy atom. The molecule has 5 heteroatoms. The molecule has 1 aliphatic rings. The molecule has 3 nitrogen and oxygen atoms in total. The number of nitrogens with one attached hydrogen (secondary N) is 1. The van der Waals surface area contributed by atoms with E-state index in [1.807, 2.05) is 25.1 Å². The van der Waals surface area contributed by atoms with Crippen molar-refractivity contribution in [3.8, 4) is 6.07 Å². The molecule has 0 saturated heterocycles. The molecule has 1 aliphatic carbocycles. The van der Waals surface area contributed by atoms with Crippen LogP contribution in [-0.4, -0.2) is 5.91 Å². The monoisotopic (exact) mass is 440 g/mol. The molecule has 2 aromatic carbocycles. The second-order valence-corrected chi connectivity index (χ2v) is 9.70. The molecule has 2 aromatic rings. The predicted octanol–water partition coefficient (Wildman–Crippen LogP) is 7.13. The Kier molecular flexibility index (Phi) is 6.32. The lowest BCUT2D eigenvalue weighted by Crippen LogP contribution is -2.17. The van der Waals surface area contributed by atoms with E-state index in [1.54, 1.807) is 18.2 Å². The number of nitriles is 1. The number of hydrogen-bond acceptors (Lipinski definition) is 2. The van der Waals surface area contributed by atoms with Crippen molar-refractivity contribution < 1.29 is 4.79 Å². The van der Waals surface area contributed by atoms with Crippen LogP contribution in [0.4, 0.5) is 5.69 Å². The van der Waals surface area contributed by atoms with Crippen molar-refractivity contribution in [3.05, 3.63) is 74.8 Å². The first kappa shape index (κ1) is 22.4. The summed E-state index contributed by atoms with van der Waals surface area (Å²) < 4.78 is 0. The van der Waals surface area contributed by atoms with Crippen molar-refractivity contribution in [2.24, 2.45) is 17.3 Å². The van der Waals surface area contributed by atoms with Gasteiger partial charge in [0.15, 0.2) is 0 Å². The fraction of sp³-hybridized carbons (Fsp3) is 0.360. The van der Waals surface area contributed by atoms with E-state index in [4.69, 9.17) is 23.2 Å². The van der Waals surface area contributed by atoms with Gasteiger partial charge in [0.2, 0.25) is 5.91 Å². The summed E-state index contributed by atoms with van der Waals surface area (Å²) in [5, 5.41) is 13.9. The summed E-state index contributed by atoms with van der Waals surface area (Å²) in [6, 6.07) is 13.1. The summed E-state index contributed by atoms with van der Waals surface area (Å²) in [6.45, 7) is 10.3. The topological polar surface area (TPSA) is 52.9 Å². The maximum atomic E-state index is 12.9. The van der Waals surface area contributed by atoms with Crippen LogP contribution in [0.3, 0.4) is 0 Å². The molecule has 0 aromatic heterocycles. The molecule has 1 saturated carbocycles. The van der Waals surface area contributed by atoms with E-state index in [0.717, 1.165) is 11.1 Å². The molecule has 0 radical (unpaired) electrons. The van der Waals surface area contributed by atoms with Gasteiger partial charge in [0.05, 0.1) is 17.9 Å². The van der Waals surface area contributed by atoms with Crippen LogP contribution >= 0.6 is 23.2 Å². The highest BCUT2D eigenvalue weighted by atomic mass is 35.5. The van der Waals surface area contributed by atoms with Gasteiger partial charge in [-0.2, -0.15) is 5.26 Å². The minimum absolute atomic E-state index is 0.00366. The number of carbonyl (C=O) groups is 1. The fourth-order valence-electron chi connectivity index (χ4n) is 4.10.